The molecule has 0 radical (unpaired) electrons. The Bertz CT molecular complexity index is 316. The third-order valence-electron chi connectivity index (χ3n) is 2.46. The van der Waals surface area contributed by atoms with Gasteiger partial charge in [-0.1, -0.05) is 37.3 Å². The summed E-state index contributed by atoms with van der Waals surface area (Å²) in [5.41, 5.74) is 1.33. The van der Waals surface area contributed by atoms with E-state index in [-0.39, 0.29) is 0 Å². The van der Waals surface area contributed by atoms with E-state index in [0.717, 1.165) is 25.3 Å². The van der Waals surface area contributed by atoms with E-state index in [9.17, 15) is 0 Å². The molecule has 1 aromatic carbocycles. The van der Waals surface area contributed by atoms with Crippen LogP contribution in [0.2, 0.25) is 0 Å². The Morgan fingerprint density at radius 3 is 2.79 bits per heavy atom. The van der Waals surface area contributed by atoms with Crippen LogP contribution >= 0.6 is 0 Å². The fourth-order valence-electron chi connectivity index (χ4n) is 1.59. The van der Waals surface area contributed by atoms with E-state index in [0.29, 0.717) is 5.92 Å². The molecule has 1 aliphatic heterocycles. The van der Waals surface area contributed by atoms with E-state index in [1.54, 1.807) is 0 Å². The number of hydrogen-bond donors (Lipinski definition) is 1. The molecule has 0 spiro atoms. The molecule has 1 unspecified atom stereocenters. The molecule has 0 bridgehead atoms. The molecule has 1 N–H and O–H groups in total. The van der Waals surface area contributed by atoms with Crippen molar-refractivity contribution in [3.8, 4) is 0 Å². The molecule has 2 heteroatoms. The molecule has 0 saturated carbocycles. The molecule has 14 heavy (non-hydrogen) atoms. The average Bonchev–Trinajstić information content (AvgIpc) is 2.23. The van der Waals surface area contributed by atoms with E-state index < -0.39 is 0 Å². The Hall–Kier alpha value is -1.31. The largest absolute Gasteiger partial charge is 0.373 e. The van der Waals surface area contributed by atoms with Crippen molar-refractivity contribution >= 4 is 5.84 Å². The lowest BCUT2D eigenvalue weighted by atomic mass is 10.1. The van der Waals surface area contributed by atoms with Crippen molar-refractivity contribution in [2.75, 3.05) is 13.1 Å². The molecule has 1 atom stereocenters. The molecular weight excluding hydrogens is 172 g/mol. The summed E-state index contributed by atoms with van der Waals surface area (Å²) in [6.07, 6.45) is 0.938. The summed E-state index contributed by atoms with van der Waals surface area (Å²) in [4.78, 5) is 4.51. The van der Waals surface area contributed by atoms with Crippen molar-refractivity contribution in [2.24, 2.45) is 10.9 Å². The second kappa shape index (κ2) is 4.27. The van der Waals surface area contributed by atoms with Gasteiger partial charge in [-0.3, -0.25) is 4.99 Å². The fraction of sp³-hybridized carbons (Fsp3) is 0.417. The lowest BCUT2D eigenvalue weighted by molar-refractivity contribution is 0.550. The Morgan fingerprint density at radius 2 is 2.14 bits per heavy atom. The van der Waals surface area contributed by atoms with Crippen LogP contribution in [0, 0.1) is 5.92 Å². The molecule has 74 valence electrons. The zero-order chi connectivity index (χ0) is 9.80. The first-order chi connectivity index (χ1) is 6.84. The van der Waals surface area contributed by atoms with Gasteiger partial charge in [0.15, 0.2) is 0 Å². The summed E-state index contributed by atoms with van der Waals surface area (Å²) >= 11 is 0. The summed E-state index contributed by atoms with van der Waals surface area (Å²) in [6, 6.07) is 10.5. The van der Waals surface area contributed by atoms with Crippen LogP contribution in [0.3, 0.4) is 0 Å². The molecule has 0 amide bonds. The molecule has 0 saturated heterocycles. The topological polar surface area (TPSA) is 24.4 Å². The van der Waals surface area contributed by atoms with Gasteiger partial charge in [-0.05, 0) is 11.5 Å². The van der Waals surface area contributed by atoms with Gasteiger partial charge in [-0.2, -0.15) is 0 Å². The Morgan fingerprint density at radius 1 is 1.36 bits per heavy atom. The summed E-state index contributed by atoms with van der Waals surface area (Å²) in [5, 5.41) is 3.37. The van der Waals surface area contributed by atoms with E-state index in [1.165, 1.54) is 5.56 Å². The standard InChI is InChI=1S/C12H16N2/c1-10-8-13-12(14-9-10)7-11-5-3-2-4-6-11/h2-6,10H,7-9H2,1H3,(H,13,14). The van der Waals surface area contributed by atoms with Crippen LogP contribution in [0.5, 0.6) is 0 Å². The number of rotatable bonds is 2. The maximum atomic E-state index is 4.51. The summed E-state index contributed by atoms with van der Waals surface area (Å²) in [5.74, 6) is 1.81. The predicted octanol–water partition coefficient (Wildman–Crippen LogP) is 1.87. The van der Waals surface area contributed by atoms with E-state index in [2.05, 4.69) is 41.5 Å². The van der Waals surface area contributed by atoms with Gasteiger partial charge < -0.3 is 5.32 Å². The monoisotopic (exact) mass is 188 g/mol. The molecule has 2 nitrogen and oxygen atoms in total. The normalized spacial score (nSPS) is 21.2. The molecule has 2 rings (SSSR count). The van der Waals surface area contributed by atoms with Crippen LogP contribution in [0.1, 0.15) is 12.5 Å². The summed E-state index contributed by atoms with van der Waals surface area (Å²) in [7, 11) is 0. The van der Waals surface area contributed by atoms with Crippen molar-refractivity contribution < 1.29 is 0 Å². The number of hydrogen-bond acceptors (Lipinski definition) is 2. The molecule has 0 aromatic heterocycles. The Labute approximate surface area is 85.1 Å². The smallest absolute Gasteiger partial charge is 0.101 e. The highest BCUT2D eigenvalue weighted by atomic mass is 15.0. The first-order valence-corrected chi connectivity index (χ1v) is 5.16. The van der Waals surface area contributed by atoms with Gasteiger partial charge in [0.1, 0.15) is 5.84 Å². The van der Waals surface area contributed by atoms with Gasteiger partial charge in [0.05, 0.1) is 0 Å². The maximum Gasteiger partial charge on any atom is 0.101 e. The van der Waals surface area contributed by atoms with Gasteiger partial charge in [-0.25, -0.2) is 0 Å². The van der Waals surface area contributed by atoms with E-state index in [1.807, 2.05) is 6.07 Å². The summed E-state index contributed by atoms with van der Waals surface area (Å²) < 4.78 is 0. The van der Waals surface area contributed by atoms with Gasteiger partial charge >= 0.3 is 0 Å². The second-order valence-corrected chi connectivity index (χ2v) is 3.94. The first kappa shape index (κ1) is 9.25. The summed E-state index contributed by atoms with van der Waals surface area (Å²) in [6.45, 7) is 4.25. The molecule has 1 aromatic rings. The third kappa shape index (κ3) is 2.34. The molecule has 0 fully saturated rings. The predicted molar refractivity (Wildman–Crippen MR) is 59.6 cm³/mol. The highest BCUT2D eigenvalue weighted by molar-refractivity contribution is 5.84. The van der Waals surface area contributed by atoms with Crippen molar-refractivity contribution in [1.29, 1.82) is 0 Å². The van der Waals surface area contributed by atoms with E-state index >= 15 is 0 Å². The third-order valence-corrected chi connectivity index (χ3v) is 2.46. The molecule has 1 heterocycles. The van der Waals surface area contributed by atoms with Gasteiger partial charge in [-0.15, -0.1) is 0 Å². The van der Waals surface area contributed by atoms with Crippen molar-refractivity contribution in [2.45, 2.75) is 13.3 Å². The van der Waals surface area contributed by atoms with Crippen LogP contribution in [0.4, 0.5) is 0 Å². The number of aliphatic imine (C=N–C) groups is 1. The maximum absolute atomic E-state index is 4.51. The highest BCUT2D eigenvalue weighted by Gasteiger charge is 2.09. The first-order valence-electron chi connectivity index (χ1n) is 5.16. The minimum atomic E-state index is 0.675. The van der Waals surface area contributed by atoms with Gasteiger partial charge in [0.25, 0.3) is 0 Å². The van der Waals surface area contributed by atoms with Crippen LogP contribution in [0.25, 0.3) is 0 Å². The van der Waals surface area contributed by atoms with Crippen molar-refractivity contribution in [3.05, 3.63) is 35.9 Å². The van der Waals surface area contributed by atoms with Crippen LogP contribution in [-0.4, -0.2) is 18.9 Å². The minimum Gasteiger partial charge on any atom is -0.373 e. The lowest BCUT2D eigenvalue weighted by Gasteiger charge is -2.19. The number of amidine groups is 1. The van der Waals surface area contributed by atoms with Crippen molar-refractivity contribution in [1.82, 2.24) is 5.32 Å². The zero-order valence-corrected chi connectivity index (χ0v) is 8.53. The molecule has 0 aliphatic carbocycles. The minimum absolute atomic E-state index is 0.675. The van der Waals surface area contributed by atoms with Crippen molar-refractivity contribution in [3.63, 3.8) is 0 Å². The lowest BCUT2D eigenvalue weighted by Crippen LogP contribution is -2.35. The molecule has 1 aliphatic rings. The van der Waals surface area contributed by atoms with Gasteiger partial charge in [0, 0.05) is 19.5 Å². The van der Waals surface area contributed by atoms with E-state index in [4.69, 9.17) is 0 Å². The Kier molecular flexibility index (Phi) is 2.82. The van der Waals surface area contributed by atoms with Crippen LogP contribution in [0.15, 0.2) is 35.3 Å². The number of nitrogens with one attached hydrogen (secondary N) is 1. The number of nitrogens with zero attached hydrogens (tertiary/aromatic N) is 1. The highest BCUT2D eigenvalue weighted by Crippen LogP contribution is 2.04. The Balaban J connectivity index is 1.99. The second-order valence-electron chi connectivity index (χ2n) is 3.94. The molecular formula is C12H16N2. The fourth-order valence-corrected chi connectivity index (χ4v) is 1.59. The zero-order valence-electron chi connectivity index (χ0n) is 8.53. The number of benzene rings is 1. The SMILES string of the molecule is CC1CN=C(Cc2ccccc2)NC1. The average molecular weight is 188 g/mol. The quantitative estimate of drug-likeness (QED) is 0.752. The van der Waals surface area contributed by atoms with Gasteiger partial charge in [0.2, 0.25) is 0 Å². The van der Waals surface area contributed by atoms with Crippen LogP contribution in [-0.2, 0) is 6.42 Å². The van der Waals surface area contributed by atoms with Crippen LogP contribution < -0.4 is 5.32 Å².